The Bertz CT molecular complexity index is 988. The molecule has 0 atom stereocenters. The van der Waals surface area contributed by atoms with Crippen LogP contribution in [0.1, 0.15) is 16.1 Å². The number of para-hydroxylation sites is 1. The Kier molecular flexibility index (Phi) is 7.75. The number of hydrogen-bond acceptors (Lipinski definition) is 6. The predicted octanol–water partition coefficient (Wildman–Crippen LogP) is 3.07. The van der Waals surface area contributed by atoms with Crippen LogP contribution in [0.3, 0.4) is 0 Å². The molecule has 30 heavy (non-hydrogen) atoms. The number of furan rings is 1. The lowest BCUT2D eigenvalue weighted by molar-refractivity contribution is -0.119. The number of nitrogens with zero attached hydrogens (tertiary/aromatic N) is 1. The van der Waals surface area contributed by atoms with E-state index >= 15 is 0 Å². The standard InChI is InChI=1S/C22H25N3O4S/c1-25(2)14-19-13-17-12-16(8-9-20(17)29-19)22(27)24-23-21(26)15-30-11-10-28-18-6-4-3-5-7-18/h3-9,12-13H,10-11,14-15H2,1-2H3,(H,23,26)(H,24,27). The molecular weight excluding hydrogens is 402 g/mol. The number of benzene rings is 2. The Morgan fingerprint density at radius 2 is 1.87 bits per heavy atom. The van der Waals surface area contributed by atoms with Crippen molar-refractivity contribution in [2.24, 2.45) is 0 Å². The van der Waals surface area contributed by atoms with Crippen molar-refractivity contribution >= 4 is 34.5 Å². The first kappa shape index (κ1) is 21.7. The summed E-state index contributed by atoms with van der Waals surface area (Å²) in [5, 5.41) is 0.847. The van der Waals surface area contributed by atoms with Crippen molar-refractivity contribution in [1.29, 1.82) is 0 Å². The lowest BCUT2D eigenvalue weighted by atomic mass is 10.1. The fourth-order valence-corrected chi connectivity index (χ4v) is 3.37. The minimum absolute atomic E-state index is 0.229. The highest BCUT2D eigenvalue weighted by Gasteiger charge is 2.11. The van der Waals surface area contributed by atoms with Gasteiger partial charge < -0.3 is 14.1 Å². The molecule has 0 radical (unpaired) electrons. The zero-order chi connectivity index (χ0) is 21.3. The third-order valence-electron chi connectivity index (χ3n) is 4.09. The van der Waals surface area contributed by atoms with E-state index in [1.54, 1.807) is 18.2 Å². The quantitative estimate of drug-likeness (QED) is 0.403. The number of carbonyl (C=O) groups is 2. The molecule has 1 aromatic heterocycles. The van der Waals surface area contributed by atoms with Gasteiger partial charge in [0.15, 0.2) is 0 Å². The molecule has 2 N–H and O–H groups in total. The summed E-state index contributed by atoms with van der Waals surface area (Å²) in [7, 11) is 3.92. The van der Waals surface area contributed by atoms with Crippen molar-refractivity contribution in [3.8, 4) is 5.75 Å². The normalized spacial score (nSPS) is 10.9. The van der Waals surface area contributed by atoms with Gasteiger partial charge in [-0.05, 0) is 50.5 Å². The second-order valence-electron chi connectivity index (χ2n) is 6.92. The minimum atomic E-state index is -0.377. The first-order valence-electron chi connectivity index (χ1n) is 9.53. The van der Waals surface area contributed by atoms with Gasteiger partial charge in [-0.1, -0.05) is 18.2 Å². The number of amides is 2. The van der Waals surface area contributed by atoms with Crippen LogP contribution < -0.4 is 15.6 Å². The van der Waals surface area contributed by atoms with Gasteiger partial charge in [0.05, 0.1) is 18.9 Å². The van der Waals surface area contributed by atoms with Crippen molar-refractivity contribution in [3.05, 3.63) is 65.9 Å². The maximum Gasteiger partial charge on any atom is 0.269 e. The Morgan fingerprint density at radius 1 is 1.07 bits per heavy atom. The Balaban J connectivity index is 1.39. The Morgan fingerprint density at radius 3 is 2.63 bits per heavy atom. The van der Waals surface area contributed by atoms with Crippen LogP contribution in [-0.2, 0) is 11.3 Å². The van der Waals surface area contributed by atoms with Gasteiger partial charge in [0.2, 0.25) is 5.91 Å². The number of rotatable bonds is 9. The van der Waals surface area contributed by atoms with Gasteiger partial charge in [-0.15, -0.1) is 11.8 Å². The summed E-state index contributed by atoms with van der Waals surface area (Å²) in [5.74, 6) is 1.88. The van der Waals surface area contributed by atoms with Gasteiger partial charge in [0.1, 0.15) is 17.1 Å². The third-order valence-corrected chi connectivity index (χ3v) is 5.01. The van der Waals surface area contributed by atoms with E-state index in [1.807, 2.05) is 55.4 Å². The maximum atomic E-state index is 12.3. The molecule has 0 unspecified atom stereocenters. The first-order chi connectivity index (χ1) is 14.5. The molecule has 158 valence electrons. The van der Waals surface area contributed by atoms with Crippen LogP contribution in [0.4, 0.5) is 0 Å². The van der Waals surface area contributed by atoms with Crippen molar-refractivity contribution < 1.29 is 18.7 Å². The van der Waals surface area contributed by atoms with Gasteiger partial charge in [0, 0.05) is 16.7 Å². The van der Waals surface area contributed by atoms with E-state index < -0.39 is 0 Å². The van der Waals surface area contributed by atoms with Crippen LogP contribution in [-0.4, -0.2) is 48.9 Å². The van der Waals surface area contributed by atoms with Crippen LogP contribution in [0.5, 0.6) is 5.75 Å². The van der Waals surface area contributed by atoms with E-state index in [4.69, 9.17) is 9.15 Å². The molecule has 0 aliphatic rings. The van der Waals surface area contributed by atoms with Crippen LogP contribution in [0, 0.1) is 0 Å². The Labute approximate surface area is 179 Å². The lowest BCUT2D eigenvalue weighted by Crippen LogP contribution is -2.42. The summed E-state index contributed by atoms with van der Waals surface area (Å²) in [4.78, 5) is 26.2. The van der Waals surface area contributed by atoms with Gasteiger partial charge in [-0.25, -0.2) is 0 Å². The number of thioether (sulfide) groups is 1. The zero-order valence-corrected chi connectivity index (χ0v) is 17.8. The largest absolute Gasteiger partial charge is 0.493 e. The lowest BCUT2D eigenvalue weighted by Gasteiger charge is -2.08. The zero-order valence-electron chi connectivity index (χ0n) is 17.0. The number of hydrazine groups is 1. The second kappa shape index (κ2) is 10.7. The average molecular weight is 428 g/mol. The molecule has 7 nitrogen and oxygen atoms in total. The average Bonchev–Trinajstić information content (AvgIpc) is 3.13. The highest BCUT2D eigenvalue weighted by Crippen LogP contribution is 2.21. The fourth-order valence-electron chi connectivity index (χ4n) is 2.76. The molecule has 0 fully saturated rings. The van der Waals surface area contributed by atoms with E-state index in [-0.39, 0.29) is 17.6 Å². The summed E-state index contributed by atoms with van der Waals surface area (Å²) in [5.41, 5.74) is 6.06. The predicted molar refractivity (Wildman–Crippen MR) is 118 cm³/mol. The minimum Gasteiger partial charge on any atom is -0.493 e. The molecule has 0 aliphatic carbocycles. The third kappa shape index (κ3) is 6.53. The van der Waals surface area contributed by atoms with E-state index in [2.05, 4.69) is 10.9 Å². The maximum absolute atomic E-state index is 12.3. The number of hydrogen-bond donors (Lipinski definition) is 2. The molecule has 1 heterocycles. The van der Waals surface area contributed by atoms with Gasteiger partial charge in [-0.2, -0.15) is 0 Å². The Hall–Kier alpha value is -2.97. The molecule has 2 amide bonds. The molecule has 8 heteroatoms. The topological polar surface area (TPSA) is 83.8 Å². The highest BCUT2D eigenvalue weighted by atomic mass is 32.2. The SMILES string of the molecule is CN(C)Cc1cc2cc(C(=O)NNC(=O)CSCCOc3ccccc3)ccc2o1. The molecule has 2 aromatic carbocycles. The molecule has 0 bridgehead atoms. The van der Waals surface area contributed by atoms with Crippen molar-refractivity contribution in [1.82, 2.24) is 15.8 Å². The van der Waals surface area contributed by atoms with Crippen molar-refractivity contribution in [3.63, 3.8) is 0 Å². The van der Waals surface area contributed by atoms with E-state index in [0.717, 1.165) is 22.5 Å². The van der Waals surface area contributed by atoms with E-state index in [1.165, 1.54) is 11.8 Å². The summed E-state index contributed by atoms with van der Waals surface area (Å²) in [6.07, 6.45) is 0. The summed E-state index contributed by atoms with van der Waals surface area (Å²) in [6, 6.07) is 16.6. The molecule has 0 saturated carbocycles. The number of nitrogens with one attached hydrogen (secondary N) is 2. The second-order valence-corrected chi connectivity index (χ2v) is 8.02. The summed E-state index contributed by atoms with van der Waals surface area (Å²) < 4.78 is 11.3. The molecule has 0 saturated heterocycles. The molecular formula is C22H25N3O4S. The number of ether oxygens (including phenoxy) is 1. The van der Waals surface area contributed by atoms with Gasteiger partial charge in [0.25, 0.3) is 5.91 Å². The summed E-state index contributed by atoms with van der Waals surface area (Å²) in [6.45, 7) is 1.19. The van der Waals surface area contributed by atoms with Crippen molar-refractivity contribution in [2.45, 2.75) is 6.54 Å². The molecule has 0 aliphatic heterocycles. The van der Waals surface area contributed by atoms with Crippen LogP contribution in [0.2, 0.25) is 0 Å². The highest BCUT2D eigenvalue weighted by molar-refractivity contribution is 7.99. The fraction of sp³-hybridized carbons (Fsp3) is 0.273. The molecule has 3 aromatic rings. The van der Waals surface area contributed by atoms with Crippen LogP contribution in [0.25, 0.3) is 11.0 Å². The van der Waals surface area contributed by atoms with E-state index in [9.17, 15) is 9.59 Å². The number of carbonyl (C=O) groups excluding carboxylic acids is 2. The molecule has 3 rings (SSSR count). The smallest absolute Gasteiger partial charge is 0.269 e. The summed E-state index contributed by atoms with van der Waals surface area (Å²) >= 11 is 1.43. The molecule has 0 spiro atoms. The first-order valence-corrected chi connectivity index (χ1v) is 10.7. The number of fused-ring (bicyclic) bond motifs is 1. The van der Waals surface area contributed by atoms with Gasteiger partial charge in [-0.3, -0.25) is 20.4 Å². The van der Waals surface area contributed by atoms with E-state index in [0.29, 0.717) is 24.5 Å². The monoisotopic (exact) mass is 427 g/mol. The van der Waals surface area contributed by atoms with Crippen molar-refractivity contribution in [2.75, 3.05) is 32.2 Å². The van der Waals surface area contributed by atoms with Gasteiger partial charge >= 0.3 is 0 Å². The van der Waals surface area contributed by atoms with Crippen LogP contribution in [0.15, 0.2) is 59.0 Å². The van der Waals surface area contributed by atoms with Crippen LogP contribution >= 0.6 is 11.8 Å².